The van der Waals surface area contributed by atoms with Gasteiger partial charge >= 0.3 is 5.97 Å². The molecule has 0 aliphatic heterocycles. The molecule has 1 aliphatic carbocycles. The lowest BCUT2D eigenvalue weighted by Gasteiger charge is -2.21. The number of aromatic nitrogens is 1. The van der Waals surface area contributed by atoms with Crippen LogP contribution in [0.3, 0.4) is 0 Å². The van der Waals surface area contributed by atoms with Crippen LogP contribution in [-0.2, 0) is 16.4 Å². The molecular formula is C17H17F2NO6S. The minimum absolute atomic E-state index is 0.106. The van der Waals surface area contributed by atoms with Crippen LogP contribution in [0, 0.1) is 11.6 Å². The number of hydrogen-bond acceptors (Lipinski definition) is 5. The summed E-state index contributed by atoms with van der Waals surface area (Å²) in [5, 5.41) is 8.40. The molecule has 1 fully saturated rings. The molecule has 0 bridgehead atoms. The first-order valence-electron chi connectivity index (χ1n) is 8.14. The third-order valence-electron chi connectivity index (χ3n) is 4.60. The molecule has 0 unspecified atom stereocenters. The maximum atomic E-state index is 14.7. The number of rotatable bonds is 5. The normalized spacial score (nSPS) is 14.6. The topological polar surface area (TPSA) is 103 Å². The number of carboxylic acid groups (broad SMARTS) is 1. The summed E-state index contributed by atoms with van der Waals surface area (Å²) in [5.41, 5.74) is -2.63. The molecule has 1 heterocycles. The van der Waals surface area contributed by atoms with Crippen molar-refractivity contribution in [3.8, 4) is 5.75 Å². The number of nitrogens with zero attached hydrogens (tertiary/aromatic N) is 1. The van der Waals surface area contributed by atoms with E-state index in [2.05, 4.69) is 0 Å². The summed E-state index contributed by atoms with van der Waals surface area (Å²) >= 11 is 0. The van der Waals surface area contributed by atoms with Crippen molar-refractivity contribution >= 4 is 26.7 Å². The number of aryl methyl sites for hydroxylation is 1. The number of sulfone groups is 1. The van der Waals surface area contributed by atoms with Crippen LogP contribution in [0.25, 0.3) is 10.9 Å². The van der Waals surface area contributed by atoms with Gasteiger partial charge in [-0.1, -0.05) is 0 Å². The molecule has 0 saturated heterocycles. The molecular weight excluding hydrogens is 384 g/mol. The van der Waals surface area contributed by atoms with E-state index in [1.54, 1.807) is 0 Å². The Kier molecular flexibility index (Phi) is 4.49. The zero-order chi connectivity index (χ0) is 20.3. The molecule has 7 nitrogen and oxygen atoms in total. The number of hydrogen-bond donors (Lipinski definition) is 1. The zero-order valence-corrected chi connectivity index (χ0v) is 15.6. The van der Waals surface area contributed by atoms with Gasteiger partial charge in [0.05, 0.1) is 18.0 Å². The molecule has 0 radical (unpaired) electrons. The van der Waals surface area contributed by atoms with Crippen LogP contribution in [-0.4, -0.2) is 37.4 Å². The molecule has 10 heteroatoms. The number of ether oxygens (including phenoxy) is 1. The predicted molar refractivity (Wildman–Crippen MR) is 92.4 cm³/mol. The van der Waals surface area contributed by atoms with Crippen LogP contribution in [0.2, 0.25) is 0 Å². The van der Waals surface area contributed by atoms with E-state index >= 15 is 0 Å². The van der Waals surface area contributed by atoms with Gasteiger partial charge in [0.2, 0.25) is 11.2 Å². The molecule has 0 atom stereocenters. The van der Waals surface area contributed by atoms with Crippen molar-refractivity contribution in [3.05, 3.63) is 33.0 Å². The number of fused-ring (bicyclic) bond motifs is 1. The molecule has 0 amide bonds. The molecule has 146 valence electrons. The highest BCUT2D eigenvalue weighted by Gasteiger charge is 2.37. The number of halogens is 2. The predicted octanol–water partition coefficient (Wildman–Crippen LogP) is 2.29. The molecule has 1 aromatic heterocycles. The van der Waals surface area contributed by atoms with Gasteiger partial charge in [-0.15, -0.1) is 0 Å². The van der Waals surface area contributed by atoms with Gasteiger partial charge in [0.15, 0.2) is 26.4 Å². The fourth-order valence-corrected chi connectivity index (χ4v) is 4.61. The molecule has 1 aromatic carbocycles. The molecule has 27 heavy (non-hydrogen) atoms. The SMILES string of the molecule is CCn1c(S(C)(=O)=O)c(C(=O)O)c(=O)c2c(C3CC3)c(F)c(F)c(OC)c21. The number of carbonyl (C=O) groups is 1. The third-order valence-corrected chi connectivity index (χ3v) is 5.73. The highest BCUT2D eigenvalue weighted by molar-refractivity contribution is 7.90. The van der Waals surface area contributed by atoms with E-state index in [4.69, 9.17) is 4.74 Å². The van der Waals surface area contributed by atoms with Gasteiger partial charge in [0.1, 0.15) is 5.56 Å². The van der Waals surface area contributed by atoms with Gasteiger partial charge in [-0.05, 0) is 25.7 Å². The highest BCUT2D eigenvalue weighted by Crippen LogP contribution is 2.47. The monoisotopic (exact) mass is 401 g/mol. The number of benzene rings is 1. The van der Waals surface area contributed by atoms with E-state index in [1.807, 2.05) is 0 Å². The summed E-state index contributed by atoms with van der Waals surface area (Å²) in [6.07, 6.45) is 1.78. The van der Waals surface area contributed by atoms with Gasteiger partial charge in [0.25, 0.3) is 0 Å². The van der Waals surface area contributed by atoms with Crippen LogP contribution < -0.4 is 10.2 Å². The Morgan fingerprint density at radius 3 is 2.30 bits per heavy atom. The molecule has 1 aliphatic rings. The summed E-state index contributed by atoms with van der Waals surface area (Å²) in [6, 6.07) is 0. The lowest BCUT2D eigenvalue weighted by Crippen LogP contribution is -2.28. The number of pyridine rings is 1. The van der Waals surface area contributed by atoms with Crippen molar-refractivity contribution in [2.45, 2.75) is 37.3 Å². The average Bonchev–Trinajstić information content (AvgIpc) is 3.40. The molecule has 3 rings (SSSR count). The van der Waals surface area contributed by atoms with E-state index in [1.165, 1.54) is 6.92 Å². The Morgan fingerprint density at radius 2 is 1.89 bits per heavy atom. The fraction of sp³-hybridized carbons (Fsp3) is 0.412. The summed E-state index contributed by atoms with van der Waals surface area (Å²) in [6.45, 7) is 1.40. The van der Waals surface area contributed by atoms with E-state index in [-0.39, 0.29) is 23.0 Å². The highest BCUT2D eigenvalue weighted by atomic mass is 32.2. The van der Waals surface area contributed by atoms with Crippen molar-refractivity contribution in [2.75, 3.05) is 13.4 Å². The van der Waals surface area contributed by atoms with Crippen LogP contribution in [0.1, 0.15) is 41.6 Å². The first-order valence-corrected chi connectivity index (χ1v) is 10.0. The lowest BCUT2D eigenvalue weighted by atomic mass is 9.99. The number of methoxy groups -OCH3 is 1. The van der Waals surface area contributed by atoms with Crippen molar-refractivity contribution < 1.29 is 31.8 Å². The molecule has 1 N–H and O–H groups in total. The maximum absolute atomic E-state index is 14.7. The van der Waals surface area contributed by atoms with Crippen LogP contribution in [0.5, 0.6) is 5.75 Å². The van der Waals surface area contributed by atoms with E-state index < -0.39 is 55.1 Å². The quantitative estimate of drug-likeness (QED) is 0.825. The van der Waals surface area contributed by atoms with Crippen molar-refractivity contribution in [1.29, 1.82) is 0 Å². The first kappa shape index (κ1) is 19.3. The first-order chi connectivity index (χ1) is 12.6. The maximum Gasteiger partial charge on any atom is 0.342 e. The largest absolute Gasteiger partial charge is 0.491 e. The van der Waals surface area contributed by atoms with Gasteiger partial charge in [-0.25, -0.2) is 17.6 Å². The Labute approximate surface area is 153 Å². The smallest absolute Gasteiger partial charge is 0.342 e. The van der Waals surface area contributed by atoms with Crippen LogP contribution in [0.15, 0.2) is 9.82 Å². The molecule has 1 saturated carbocycles. The van der Waals surface area contributed by atoms with E-state index in [9.17, 15) is 31.9 Å². The second kappa shape index (κ2) is 6.29. The minimum Gasteiger partial charge on any atom is -0.491 e. The Morgan fingerprint density at radius 1 is 1.30 bits per heavy atom. The number of carboxylic acids is 1. The van der Waals surface area contributed by atoms with Crippen LogP contribution >= 0.6 is 0 Å². The van der Waals surface area contributed by atoms with Crippen molar-refractivity contribution in [3.63, 3.8) is 0 Å². The van der Waals surface area contributed by atoms with Crippen LogP contribution in [0.4, 0.5) is 8.78 Å². The summed E-state index contributed by atoms with van der Waals surface area (Å²) in [4.78, 5) is 24.7. The van der Waals surface area contributed by atoms with Gasteiger partial charge in [-0.2, -0.15) is 4.39 Å². The van der Waals surface area contributed by atoms with Gasteiger partial charge in [-0.3, -0.25) is 4.79 Å². The zero-order valence-electron chi connectivity index (χ0n) is 14.8. The summed E-state index contributed by atoms with van der Waals surface area (Å²) in [7, 11) is -3.13. The molecule has 2 aromatic rings. The average molecular weight is 401 g/mol. The minimum atomic E-state index is -4.19. The second-order valence-electron chi connectivity index (χ2n) is 6.40. The Balaban J connectivity index is 2.77. The molecule has 0 spiro atoms. The standard InChI is InChI=1S/C17H17F2NO6S/c1-4-20-13-9(14(21)10(17(22)23)16(20)27(3,24)25)8(7-5-6-7)11(18)12(19)15(13)26-2/h7H,4-6H2,1-3H3,(H,22,23). The summed E-state index contributed by atoms with van der Waals surface area (Å²) < 4.78 is 59.8. The Hall–Kier alpha value is -2.49. The second-order valence-corrected chi connectivity index (χ2v) is 8.33. The lowest BCUT2D eigenvalue weighted by molar-refractivity contribution is 0.0689. The van der Waals surface area contributed by atoms with E-state index in [0.29, 0.717) is 12.8 Å². The number of aromatic carboxylic acids is 1. The van der Waals surface area contributed by atoms with Gasteiger partial charge in [0, 0.05) is 18.4 Å². The van der Waals surface area contributed by atoms with Crippen molar-refractivity contribution in [2.24, 2.45) is 0 Å². The Bertz CT molecular complexity index is 1150. The fourth-order valence-electron chi connectivity index (χ4n) is 3.44. The van der Waals surface area contributed by atoms with Crippen molar-refractivity contribution in [1.82, 2.24) is 4.57 Å². The van der Waals surface area contributed by atoms with E-state index in [0.717, 1.165) is 17.9 Å². The third kappa shape index (κ3) is 2.78. The summed E-state index contributed by atoms with van der Waals surface area (Å²) in [5.74, 6) is -5.43. The van der Waals surface area contributed by atoms with Gasteiger partial charge < -0.3 is 14.4 Å².